The number of aromatic nitrogens is 2. The van der Waals surface area contributed by atoms with E-state index in [9.17, 15) is 9.90 Å². The number of carbonyl (C=O) groups is 1. The molecule has 1 heterocycles. The Bertz CT molecular complexity index is 1320. The number of halogens is 1. The summed E-state index contributed by atoms with van der Waals surface area (Å²) in [5.74, 6) is 1.00. The second-order valence-corrected chi connectivity index (χ2v) is 9.84. The van der Waals surface area contributed by atoms with Crippen molar-refractivity contribution in [1.82, 2.24) is 15.3 Å². The van der Waals surface area contributed by atoms with Gasteiger partial charge in [0.05, 0.1) is 22.2 Å². The Hall–Kier alpha value is -3.35. The molecule has 3 N–H and O–H groups in total. The van der Waals surface area contributed by atoms with Crippen molar-refractivity contribution in [3.05, 3.63) is 81.9 Å². The van der Waals surface area contributed by atoms with Crippen LogP contribution in [0.4, 0.5) is 0 Å². The van der Waals surface area contributed by atoms with Crippen molar-refractivity contribution >= 4 is 28.5 Å². The third kappa shape index (κ3) is 6.25. The molecule has 6 nitrogen and oxygen atoms in total. The molecule has 0 unspecified atom stereocenters. The zero-order chi connectivity index (χ0) is 25.8. The van der Waals surface area contributed by atoms with Gasteiger partial charge in [-0.15, -0.1) is 0 Å². The van der Waals surface area contributed by atoms with Crippen LogP contribution in [0.3, 0.4) is 0 Å². The lowest BCUT2D eigenvalue weighted by atomic mass is 10.1. The quantitative estimate of drug-likeness (QED) is 0.231. The fourth-order valence-corrected chi connectivity index (χ4v) is 4.26. The minimum atomic E-state index is -0.940. The van der Waals surface area contributed by atoms with Crippen LogP contribution in [0.15, 0.2) is 54.6 Å². The van der Waals surface area contributed by atoms with Crippen LogP contribution in [0.5, 0.6) is 5.75 Å². The summed E-state index contributed by atoms with van der Waals surface area (Å²) in [7, 11) is 0. The lowest BCUT2D eigenvalue weighted by Gasteiger charge is -2.15. The average Bonchev–Trinajstić information content (AvgIpc) is 3.23. The summed E-state index contributed by atoms with van der Waals surface area (Å²) in [5, 5.41) is 13.3. The highest BCUT2D eigenvalue weighted by Gasteiger charge is 2.14. The van der Waals surface area contributed by atoms with Gasteiger partial charge in [-0.1, -0.05) is 35.9 Å². The molecule has 0 aliphatic heterocycles. The van der Waals surface area contributed by atoms with E-state index in [0.29, 0.717) is 22.8 Å². The highest BCUT2D eigenvalue weighted by atomic mass is 35.5. The third-order valence-corrected chi connectivity index (χ3v) is 6.42. The Kier molecular flexibility index (Phi) is 7.97. The van der Waals surface area contributed by atoms with Crippen molar-refractivity contribution in [3.63, 3.8) is 0 Å². The van der Waals surface area contributed by atoms with Gasteiger partial charge < -0.3 is 20.1 Å². The van der Waals surface area contributed by atoms with Crippen LogP contribution in [0.2, 0.25) is 5.02 Å². The van der Waals surface area contributed by atoms with Gasteiger partial charge in [0.25, 0.3) is 5.91 Å². The maximum Gasteiger partial charge on any atom is 0.253 e. The number of H-pyrrole nitrogens is 1. The molecular weight excluding hydrogens is 474 g/mol. The molecule has 0 saturated heterocycles. The first-order valence-corrected chi connectivity index (χ1v) is 12.6. The Labute approximate surface area is 216 Å². The Morgan fingerprint density at radius 2 is 1.81 bits per heavy atom. The molecule has 4 rings (SSSR count). The molecule has 1 atom stereocenters. The van der Waals surface area contributed by atoms with Gasteiger partial charge in [0.1, 0.15) is 17.8 Å². The molecule has 1 aromatic heterocycles. The maximum atomic E-state index is 12.5. The fraction of sp³-hybridized carbons (Fsp3) is 0.310. The molecule has 3 aromatic carbocycles. The van der Waals surface area contributed by atoms with Gasteiger partial charge in [0.15, 0.2) is 0 Å². The number of hydrogen-bond acceptors (Lipinski definition) is 4. The Morgan fingerprint density at radius 1 is 1.08 bits per heavy atom. The topological polar surface area (TPSA) is 87.2 Å². The number of imidazole rings is 1. The number of benzene rings is 3. The molecule has 0 spiro atoms. The minimum Gasteiger partial charge on any atom is -0.489 e. The lowest BCUT2D eigenvalue weighted by molar-refractivity contribution is 0.0760. The maximum absolute atomic E-state index is 12.5. The number of fused-ring (bicyclic) bond motifs is 1. The summed E-state index contributed by atoms with van der Waals surface area (Å²) >= 11 is 6.22. The number of aliphatic hydroxyl groups is 1. The second kappa shape index (κ2) is 11.1. The normalized spacial score (nSPS) is 12.2. The number of carbonyl (C=O) groups excluding carboxylic acids is 1. The number of rotatable bonds is 9. The molecule has 1 amide bonds. The molecule has 0 bridgehead atoms. The second-order valence-electron chi connectivity index (χ2n) is 9.43. The SMILES string of the molecule is Cc1cc2nc(-c3ccc(CCC[C@H](O)NC(=O)c4ccc(OC(C)C)c(Cl)c4)cc3)[nH]c2cc1C. The number of nitrogens with one attached hydrogen (secondary N) is 2. The summed E-state index contributed by atoms with van der Waals surface area (Å²) in [6, 6.07) is 17.4. The number of hydrogen-bond donors (Lipinski definition) is 3. The van der Waals surface area contributed by atoms with E-state index in [2.05, 4.69) is 60.5 Å². The van der Waals surface area contributed by atoms with E-state index < -0.39 is 6.23 Å². The van der Waals surface area contributed by atoms with E-state index in [1.54, 1.807) is 18.2 Å². The molecular formula is C29H32ClN3O3. The molecule has 0 saturated carbocycles. The molecule has 4 aromatic rings. The van der Waals surface area contributed by atoms with Crippen molar-refractivity contribution in [3.8, 4) is 17.1 Å². The van der Waals surface area contributed by atoms with E-state index in [4.69, 9.17) is 21.3 Å². The number of aliphatic hydroxyl groups excluding tert-OH is 1. The molecule has 0 aliphatic carbocycles. The van der Waals surface area contributed by atoms with Crippen LogP contribution >= 0.6 is 11.6 Å². The van der Waals surface area contributed by atoms with E-state index in [0.717, 1.165) is 40.8 Å². The van der Waals surface area contributed by atoms with E-state index in [-0.39, 0.29) is 12.0 Å². The number of ether oxygens (including phenoxy) is 1. The van der Waals surface area contributed by atoms with E-state index in [1.165, 1.54) is 11.1 Å². The summed E-state index contributed by atoms with van der Waals surface area (Å²) < 4.78 is 5.59. The molecule has 0 fully saturated rings. The van der Waals surface area contributed by atoms with Crippen LogP contribution in [0.25, 0.3) is 22.4 Å². The number of aryl methyl sites for hydroxylation is 3. The average molecular weight is 506 g/mol. The summed E-state index contributed by atoms with van der Waals surface area (Å²) in [4.78, 5) is 20.6. The van der Waals surface area contributed by atoms with Crippen LogP contribution in [0.1, 0.15) is 53.7 Å². The van der Waals surface area contributed by atoms with Gasteiger partial charge in [-0.05, 0) is 94.0 Å². The predicted octanol–water partition coefficient (Wildman–Crippen LogP) is 6.36. The van der Waals surface area contributed by atoms with Gasteiger partial charge in [0.2, 0.25) is 0 Å². The summed E-state index contributed by atoms with van der Waals surface area (Å²) in [6.07, 6.45) is 1.01. The third-order valence-electron chi connectivity index (χ3n) is 6.12. The van der Waals surface area contributed by atoms with Crippen molar-refractivity contribution in [1.29, 1.82) is 0 Å². The van der Waals surface area contributed by atoms with Crippen LogP contribution in [0, 0.1) is 13.8 Å². The first kappa shape index (κ1) is 25.7. The van der Waals surface area contributed by atoms with E-state index in [1.807, 2.05) is 13.8 Å². The standard InChI is InChI=1S/C29H32ClN3O3/c1-17(2)36-26-13-12-22(16-23(26)30)29(35)33-27(34)7-5-6-20-8-10-21(11-9-20)28-31-24-14-18(3)19(4)15-25(24)32-28/h8-17,27,34H,5-7H2,1-4H3,(H,31,32)(H,33,35)/t27-/m0/s1. The van der Waals surface area contributed by atoms with Crippen LogP contribution in [-0.4, -0.2) is 33.3 Å². The molecule has 0 aliphatic rings. The van der Waals surface area contributed by atoms with Gasteiger partial charge >= 0.3 is 0 Å². The number of nitrogens with zero attached hydrogens (tertiary/aromatic N) is 1. The minimum absolute atomic E-state index is 0.0147. The monoisotopic (exact) mass is 505 g/mol. The molecule has 188 valence electrons. The largest absolute Gasteiger partial charge is 0.489 e. The molecule has 0 radical (unpaired) electrons. The Balaban J connectivity index is 1.28. The first-order valence-electron chi connectivity index (χ1n) is 12.2. The van der Waals surface area contributed by atoms with Crippen LogP contribution in [-0.2, 0) is 6.42 Å². The Morgan fingerprint density at radius 3 is 2.50 bits per heavy atom. The van der Waals surface area contributed by atoms with Crippen molar-refractivity contribution < 1.29 is 14.6 Å². The molecule has 7 heteroatoms. The van der Waals surface area contributed by atoms with Crippen molar-refractivity contribution in [2.24, 2.45) is 0 Å². The molecule has 36 heavy (non-hydrogen) atoms. The summed E-state index contributed by atoms with van der Waals surface area (Å²) in [6.45, 7) is 8.01. The number of amides is 1. The zero-order valence-corrected chi connectivity index (χ0v) is 21.8. The van der Waals surface area contributed by atoms with Gasteiger partial charge in [-0.25, -0.2) is 4.98 Å². The van der Waals surface area contributed by atoms with E-state index >= 15 is 0 Å². The fourth-order valence-electron chi connectivity index (χ4n) is 4.03. The van der Waals surface area contributed by atoms with Crippen molar-refractivity contribution in [2.75, 3.05) is 0 Å². The first-order chi connectivity index (χ1) is 17.2. The lowest BCUT2D eigenvalue weighted by Crippen LogP contribution is -2.34. The zero-order valence-electron chi connectivity index (χ0n) is 21.1. The number of aromatic amines is 1. The van der Waals surface area contributed by atoms with Gasteiger partial charge in [-0.3, -0.25) is 4.79 Å². The summed E-state index contributed by atoms with van der Waals surface area (Å²) in [5.41, 5.74) is 7.04. The van der Waals surface area contributed by atoms with Crippen molar-refractivity contribution in [2.45, 2.75) is 59.3 Å². The van der Waals surface area contributed by atoms with Gasteiger partial charge in [-0.2, -0.15) is 0 Å². The smallest absolute Gasteiger partial charge is 0.253 e. The highest BCUT2D eigenvalue weighted by Crippen LogP contribution is 2.27. The highest BCUT2D eigenvalue weighted by molar-refractivity contribution is 6.32. The van der Waals surface area contributed by atoms with Gasteiger partial charge in [0, 0.05) is 11.1 Å². The predicted molar refractivity (Wildman–Crippen MR) is 145 cm³/mol. The van der Waals surface area contributed by atoms with Crippen LogP contribution < -0.4 is 10.1 Å².